The van der Waals surface area contributed by atoms with Crippen LogP contribution in [0.25, 0.3) is 44.8 Å². The standard InChI is InChI=1S/C33H27N3O/c1-22(23-11-4-3-5-12-23)26-15-9-17-28(32(26)37)33-35-31-27(16-10-19-30(31)36(33)2)24-13-8-14-25(21-24)29-18-6-7-20-34-29/h3-22,37H,1-2H3. The van der Waals surface area contributed by atoms with Gasteiger partial charge >= 0.3 is 0 Å². The van der Waals surface area contributed by atoms with Gasteiger partial charge in [-0.25, -0.2) is 4.98 Å². The van der Waals surface area contributed by atoms with Gasteiger partial charge in [0.15, 0.2) is 0 Å². The molecule has 37 heavy (non-hydrogen) atoms. The molecule has 0 aliphatic heterocycles. The summed E-state index contributed by atoms with van der Waals surface area (Å²) in [4.78, 5) is 9.59. The topological polar surface area (TPSA) is 50.9 Å². The van der Waals surface area contributed by atoms with Crippen molar-refractivity contribution < 1.29 is 5.11 Å². The highest BCUT2D eigenvalue weighted by molar-refractivity contribution is 5.95. The van der Waals surface area contributed by atoms with Crippen molar-refractivity contribution in [3.63, 3.8) is 0 Å². The van der Waals surface area contributed by atoms with Crippen LogP contribution in [-0.4, -0.2) is 19.6 Å². The van der Waals surface area contributed by atoms with Gasteiger partial charge in [-0.05, 0) is 41.5 Å². The van der Waals surface area contributed by atoms with Crippen LogP contribution in [0.3, 0.4) is 0 Å². The molecule has 0 spiro atoms. The maximum Gasteiger partial charge on any atom is 0.144 e. The summed E-state index contributed by atoms with van der Waals surface area (Å²) in [6, 6.07) is 36.8. The number of aromatic hydroxyl groups is 1. The summed E-state index contributed by atoms with van der Waals surface area (Å²) >= 11 is 0. The van der Waals surface area contributed by atoms with Crippen LogP contribution in [0.4, 0.5) is 0 Å². The maximum atomic E-state index is 11.4. The van der Waals surface area contributed by atoms with Gasteiger partial charge in [-0.1, -0.05) is 85.8 Å². The summed E-state index contributed by atoms with van der Waals surface area (Å²) in [7, 11) is 2.01. The molecule has 1 atom stereocenters. The number of hydrogen-bond acceptors (Lipinski definition) is 3. The van der Waals surface area contributed by atoms with E-state index in [4.69, 9.17) is 4.98 Å². The Morgan fingerprint density at radius 2 is 1.46 bits per heavy atom. The number of benzene rings is 4. The molecular formula is C33H27N3O. The van der Waals surface area contributed by atoms with Gasteiger partial charge in [-0.15, -0.1) is 0 Å². The molecule has 180 valence electrons. The van der Waals surface area contributed by atoms with Crippen LogP contribution >= 0.6 is 0 Å². The Labute approximate surface area is 216 Å². The van der Waals surface area contributed by atoms with E-state index >= 15 is 0 Å². The normalized spacial score (nSPS) is 12.1. The number of para-hydroxylation sites is 2. The third-order valence-electron chi connectivity index (χ3n) is 7.12. The molecule has 6 rings (SSSR count). The zero-order chi connectivity index (χ0) is 25.4. The number of imidazole rings is 1. The summed E-state index contributed by atoms with van der Waals surface area (Å²) in [5.41, 5.74) is 8.82. The van der Waals surface area contributed by atoms with Crippen LogP contribution in [-0.2, 0) is 7.05 Å². The third-order valence-corrected chi connectivity index (χ3v) is 7.12. The Kier molecular flexibility index (Phi) is 5.78. The first-order valence-electron chi connectivity index (χ1n) is 12.5. The molecule has 2 aromatic heterocycles. The molecule has 0 fully saturated rings. The molecule has 0 radical (unpaired) electrons. The molecule has 4 nitrogen and oxygen atoms in total. The van der Waals surface area contributed by atoms with E-state index in [0.717, 1.165) is 55.9 Å². The van der Waals surface area contributed by atoms with Gasteiger partial charge in [0.2, 0.25) is 0 Å². The Balaban J connectivity index is 1.47. The van der Waals surface area contributed by atoms with E-state index in [9.17, 15) is 5.11 Å². The van der Waals surface area contributed by atoms with Crippen LogP contribution in [0.5, 0.6) is 5.75 Å². The number of fused-ring (bicyclic) bond motifs is 1. The Morgan fingerprint density at radius 3 is 2.27 bits per heavy atom. The van der Waals surface area contributed by atoms with Crippen LogP contribution in [0.15, 0.2) is 115 Å². The Morgan fingerprint density at radius 1 is 0.730 bits per heavy atom. The second-order valence-electron chi connectivity index (χ2n) is 9.34. The monoisotopic (exact) mass is 481 g/mol. The van der Waals surface area contributed by atoms with Crippen LogP contribution in [0, 0.1) is 0 Å². The fraction of sp³-hybridized carbons (Fsp3) is 0.0909. The maximum absolute atomic E-state index is 11.4. The molecule has 2 heterocycles. The second kappa shape index (κ2) is 9.40. The fourth-order valence-electron chi connectivity index (χ4n) is 5.08. The lowest BCUT2D eigenvalue weighted by atomic mass is 9.91. The van der Waals surface area contributed by atoms with Crippen molar-refractivity contribution in [1.29, 1.82) is 0 Å². The summed E-state index contributed by atoms with van der Waals surface area (Å²) in [6.07, 6.45) is 1.81. The van der Waals surface area contributed by atoms with Gasteiger partial charge in [0, 0.05) is 35.9 Å². The third kappa shape index (κ3) is 4.07. The number of rotatable bonds is 5. The molecule has 0 saturated heterocycles. The van der Waals surface area contributed by atoms with Crippen LogP contribution in [0.1, 0.15) is 24.0 Å². The molecule has 0 bridgehead atoms. The average molecular weight is 482 g/mol. The van der Waals surface area contributed by atoms with Crippen molar-refractivity contribution in [3.05, 3.63) is 127 Å². The molecule has 4 aromatic carbocycles. The molecule has 4 heteroatoms. The lowest BCUT2D eigenvalue weighted by Gasteiger charge is -2.16. The minimum Gasteiger partial charge on any atom is -0.507 e. The van der Waals surface area contributed by atoms with Crippen molar-refractivity contribution >= 4 is 11.0 Å². The number of phenolic OH excluding ortho intramolecular Hbond substituents is 1. The van der Waals surface area contributed by atoms with Gasteiger partial charge in [0.1, 0.15) is 11.6 Å². The van der Waals surface area contributed by atoms with Crippen molar-refractivity contribution in [3.8, 4) is 39.5 Å². The highest BCUT2D eigenvalue weighted by atomic mass is 16.3. The number of phenols is 1. The molecule has 1 unspecified atom stereocenters. The van der Waals surface area contributed by atoms with Gasteiger partial charge in [0.25, 0.3) is 0 Å². The quantitative estimate of drug-likeness (QED) is 0.273. The molecule has 0 aliphatic rings. The molecule has 1 N–H and O–H groups in total. The first-order chi connectivity index (χ1) is 18.1. The molecule has 6 aromatic rings. The fourth-order valence-corrected chi connectivity index (χ4v) is 5.08. The minimum absolute atomic E-state index is 0.0562. The van der Waals surface area contributed by atoms with E-state index in [1.54, 1.807) is 0 Å². The summed E-state index contributed by atoms with van der Waals surface area (Å²) in [5, 5.41) is 11.4. The highest BCUT2D eigenvalue weighted by Gasteiger charge is 2.20. The zero-order valence-electron chi connectivity index (χ0n) is 20.8. The van der Waals surface area contributed by atoms with Gasteiger partial charge in [-0.3, -0.25) is 4.98 Å². The highest BCUT2D eigenvalue weighted by Crippen LogP contribution is 2.40. The van der Waals surface area contributed by atoms with Crippen LogP contribution in [0.2, 0.25) is 0 Å². The first-order valence-corrected chi connectivity index (χ1v) is 12.5. The zero-order valence-corrected chi connectivity index (χ0v) is 20.8. The van der Waals surface area contributed by atoms with Crippen LogP contribution < -0.4 is 0 Å². The lowest BCUT2D eigenvalue weighted by Crippen LogP contribution is -1.99. The summed E-state index contributed by atoms with van der Waals surface area (Å²) < 4.78 is 2.06. The lowest BCUT2D eigenvalue weighted by molar-refractivity contribution is 0.467. The number of aryl methyl sites for hydroxylation is 1. The van der Waals surface area contributed by atoms with Gasteiger partial charge in [0.05, 0.1) is 22.3 Å². The van der Waals surface area contributed by atoms with Crippen molar-refractivity contribution in [1.82, 2.24) is 14.5 Å². The summed E-state index contributed by atoms with van der Waals surface area (Å²) in [6.45, 7) is 2.12. The SMILES string of the molecule is CC(c1ccccc1)c1cccc(-c2nc3c(-c4cccc(-c5ccccn5)c4)cccc3n2C)c1O. The van der Waals surface area contributed by atoms with Crippen molar-refractivity contribution in [2.24, 2.45) is 7.05 Å². The average Bonchev–Trinajstić information content (AvgIpc) is 3.30. The number of nitrogens with zero attached hydrogens (tertiary/aromatic N) is 3. The van der Waals surface area contributed by atoms with Gasteiger partial charge < -0.3 is 9.67 Å². The van der Waals surface area contributed by atoms with E-state index in [1.807, 2.05) is 67.8 Å². The molecular weight excluding hydrogens is 454 g/mol. The van der Waals surface area contributed by atoms with Crippen molar-refractivity contribution in [2.75, 3.05) is 0 Å². The van der Waals surface area contributed by atoms with E-state index in [0.29, 0.717) is 0 Å². The number of hydrogen-bond donors (Lipinski definition) is 1. The second-order valence-corrected chi connectivity index (χ2v) is 9.34. The predicted molar refractivity (Wildman–Crippen MR) is 150 cm³/mol. The minimum atomic E-state index is 0.0562. The number of pyridine rings is 1. The van der Waals surface area contributed by atoms with E-state index in [-0.39, 0.29) is 11.7 Å². The predicted octanol–water partition coefficient (Wildman–Crippen LogP) is 7.83. The number of aromatic nitrogens is 3. The van der Waals surface area contributed by atoms with Crippen molar-refractivity contribution in [2.45, 2.75) is 12.8 Å². The smallest absolute Gasteiger partial charge is 0.144 e. The largest absolute Gasteiger partial charge is 0.507 e. The molecule has 0 aliphatic carbocycles. The molecule has 0 amide bonds. The van der Waals surface area contributed by atoms with Gasteiger partial charge in [-0.2, -0.15) is 0 Å². The Hall–Kier alpha value is -4.70. The van der Waals surface area contributed by atoms with E-state index < -0.39 is 0 Å². The molecule has 0 saturated carbocycles. The van der Waals surface area contributed by atoms with E-state index in [2.05, 4.69) is 71.1 Å². The Bertz CT molecular complexity index is 1710. The summed E-state index contributed by atoms with van der Waals surface area (Å²) in [5.74, 6) is 1.07. The first kappa shape index (κ1) is 22.7. The van der Waals surface area contributed by atoms with E-state index in [1.165, 1.54) is 0 Å².